The molecule has 0 spiro atoms. The number of ether oxygens (including phenoxy) is 2. The van der Waals surface area contributed by atoms with Gasteiger partial charge in [0.05, 0.1) is 0 Å². The van der Waals surface area contributed by atoms with Crippen molar-refractivity contribution in [2.24, 2.45) is 0 Å². The number of hydrogen-bond acceptors (Lipinski definition) is 6. The first-order valence-corrected chi connectivity index (χ1v) is 9.56. The van der Waals surface area contributed by atoms with Crippen LogP contribution in [0.5, 0.6) is 11.5 Å². The molecule has 2 aromatic rings. The van der Waals surface area contributed by atoms with E-state index in [1.54, 1.807) is 0 Å². The monoisotopic (exact) mass is 375 g/mol. The Balaban J connectivity index is 1.61. The minimum atomic E-state index is 0.0268. The topological polar surface area (TPSA) is 67.2 Å². The summed E-state index contributed by atoms with van der Waals surface area (Å²) in [6, 6.07) is 8.40. The highest BCUT2D eigenvalue weighted by atomic mass is 35.5. The lowest BCUT2D eigenvalue weighted by Gasteiger charge is -2.31. The Kier molecular flexibility index (Phi) is 4.45. The molecule has 1 aliphatic carbocycles. The van der Waals surface area contributed by atoms with Crippen molar-refractivity contribution < 1.29 is 9.47 Å². The van der Waals surface area contributed by atoms with Crippen LogP contribution in [0.4, 0.5) is 5.00 Å². The lowest BCUT2D eigenvalue weighted by Crippen LogP contribution is -2.31. The van der Waals surface area contributed by atoms with E-state index in [0.717, 1.165) is 35.9 Å². The van der Waals surface area contributed by atoms with Gasteiger partial charge in [-0.25, -0.2) is 0 Å². The van der Waals surface area contributed by atoms with Crippen molar-refractivity contribution in [3.05, 3.63) is 34.5 Å². The van der Waals surface area contributed by atoms with E-state index < -0.39 is 0 Å². The third kappa shape index (κ3) is 3.03. The van der Waals surface area contributed by atoms with E-state index in [9.17, 15) is 5.26 Å². The highest BCUT2D eigenvalue weighted by Crippen LogP contribution is 2.44. The summed E-state index contributed by atoms with van der Waals surface area (Å²) < 4.78 is 15.5. The Morgan fingerprint density at radius 1 is 1.24 bits per heavy atom. The second-order valence-electron chi connectivity index (χ2n) is 6.49. The first-order chi connectivity index (χ1) is 12.2. The molecular formula is C18H18ClN3O2S. The number of nitrogens with zero attached hydrogens (tertiary/aromatic N) is 2. The van der Waals surface area contributed by atoms with Crippen molar-refractivity contribution in [1.29, 1.82) is 5.26 Å². The summed E-state index contributed by atoms with van der Waals surface area (Å²) in [5.41, 5.74) is 1.72. The molecule has 1 aliphatic heterocycles. The number of benzene rings is 1. The summed E-state index contributed by atoms with van der Waals surface area (Å²) in [6.07, 6.45) is 4.61. The molecule has 4 rings (SSSR count). The number of halogens is 1. The third-order valence-corrected chi connectivity index (χ3v) is 6.24. The van der Waals surface area contributed by atoms with Gasteiger partial charge >= 0.3 is 0 Å². The van der Waals surface area contributed by atoms with Crippen LogP contribution in [0, 0.1) is 11.3 Å². The van der Waals surface area contributed by atoms with Crippen molar-refractivity contribution >= 4 is 28.1 Å². The number of nitrogens with one attached hydrogen (secondary N) is 1. The van der Waals surface area contributed by atoms with Crippen LogP contribution in [0.3, 0.4) is 0 Å². The Morgan fingerprint density at radius 2 is 2.00 bits per heavy atom. The van der Waals surface area contributed by atoms with Crippen LogP contribution in [-0.2, 0) is 5.41 Å². The fourth-order valence-corrected chi connectivity index (χ4v) is 4.66. The van der Waals surface area contributed by atoms with Gasteiger partial charge in [-0.1, -0.05) is 30.5 Å². The lowest BCUT2D eigenvalue weighted by atomic mass is 9.78. The molecule has 0 atom stereocenters. The number of rotatable bonds is 4. The molecular weight excluding hydrogens is 358 g/mol. The first-order valence-electron chi connectivity index (χ1n) is 8.41. The molecule has 130 valence electrons. The van der Waals surface area contributed by atoms with E-state index >= 15 is 0 Å². The summed E-state index contributed by atoms with van der Waals surface area (Å²) in [7, 11) is 0. The molecule has 1 aromatic carbocycles. The molecule has 0 amide bonds. The number of hydrogen-bond donors (Lipinski definition) is 1. The third-order valence-electron chi connectivity index (χ3n) is 5.06. The maximum Gasteiger partial charge on any atom is 0.162 e. The zero-order chi connectivity index (χ0) is 17.3. The van der Waals surface area contributed by atoms with Gasteiger partial charge in [-0.05, 0) is 42.1 Å². The van der Waals surface area contributed by atoms with Crippen molar-refractivity contribution in [2.45, 2.75) is 31.1 Å². The van der Waals surface area contributed by atoms with Crippen molar-refractivity contribution in [3.8, 4) is 17.6 Å². The van der Waals surface area contributed by atoms with E-state index in [1.807, 2.05) is 6.07 Å². The van der Waals surface area contributed by atoms with E-state index in [2.05, 4.69) is 27.9 Å². The lowest BCUT2D eigenvalue weighted by molar-refractivity contribution is 0.171. The largest absolute Gasteiger partial charge is 0.486 e. The zero-order valence-corrected chi connectivity index (χ0v) is 15.3. The average Bonchev–Trinajstić information content (AvgIpc) is 3.27. The Bertz CT molecular complexity index is 824. The number of aromatic nitrogens is 1. The van der Waals surface area contributed by atoms with Crippen LogP contribution in [-0.4, -0.2) is 24.1 Å². The van der Waals surface area contributed by atoms with Crippen LogP contribution >= 0.6 is 23.1 Å². The van der Waals surface area contributed by atoms with Gasteiger partial charge in [0.2, 0.25) is 0 Å². The maximum atomic E-state index is 9.26. The molecule has 2 aliphatic rings. The van der Waals surface area contributed by atoms with E-state index in [1.165, 1.54) is 29.9 Å². The summed E-state index contributed by atoms with van der Waals surface area (Å²) >= 11 is 7.22. The van der Waals surface area contributed by atoms with Gasteiger partial charge in [0.15, 0.2) is 16.7 Å². The van der Waals surface area contributed by atoms with Crippen molar-refractivity contribution in [3.63, 3.8) is 0 Å². The smallest absolute Gasteiger partial charge is 0.162 e. The molecule has 0 saturated heterocycles. The van der Waals surface area contributed by atoms with Gasteiger partial charge in [-0.2, -0.15) is 9.64 Å². The van der Waals surface area contributed by atoms with Crippen LogP contribution in [0.15, 0.2) is 18.2 Å². The average molecular weight is 376 g/mol. The number of anilines is 1. The van der Waals surface area contributed by atoms with E-state index in [-0.39, 0.29) is 10.6 Å². The Hall–Kier alpha value is -1.97. The molecule has 0 unspecified atom stereocenters. The Labute approximate surface area is 155 Å². The van der Waals surface area contributed by atoms with E-state index in [4.69, 9.17) is 21.1 Å². The Morgan fingerprint density at radius 3 is 2.76 bits per heavy atom. The van der Waals surface area contributed by atoms with Crippen LogP contribution in [0.1, 0.15) is 36.8 Å². The quantitative estimate of drug-likeness (QED) is 0.859. The normalized spacial score (nSPS) is 17.9. The van der Waals surface area contributed by atoms with Crippen molar-refractivity contribution in [1.82, 2.24) is 4.37 Å². The molecule has 1 N–H and O–H groups in total. The minimum Gasteiger partial charge on any atom is -0.486 e. The fraction of sp³-hybridized carbons (Fsp3) is 0.444. The predicted molar refractivity (Wildman–Crippen MR) is 97.9 cm³/mol. The fourth-order valence-electron chi connectivity index (χ4n) is 3.73. The molecule has 2 heterocycles. The summed E-state index contributed by atoms with van der Waals surface area (Å²) in [5.74, 6) is 1.64. The van der Waals surface area contributed by atoms with Gasteiger partial charge < -0.3 is 14.8 Å². The number of nitriles is 1. The predicted octanol–water partition coefficient (Wildman–Crippen LogP) is 4.36. The van der Waals surface area contributed by atoms with Gasteiger partial charge in [-0.3, -0.25) is 0 Å². The minimum absolute atomic E-state index is 0.0268. The standard InChI is InChI=1S/C18H18ClN3O2S/c19-16-13(10-20)17(25-22-16)21-11-18(5-1-2-6-18)12-3-4-14-15(9-12)24-8-7-23-14/h3-4,9,21H,1-2,5-8,11H2. The molecule has 1 fully saturated rings. The molecule has 25 heavy (non-hydrogen) atoms. The molecule has 5 nitrogen and oxygen atoms in total. The molecule has 0 radical (unpaired) electrons. The highest BCUT2D eigenvalue weighted by molar-refractivity contribution is 7.10. The second-order valence-corrected chi connectivity index (χ2v) is 7.62. The molecule has 1 aromatic heterocycles. The second kappa shape index (κ2) is 6.74. The molecule has 1 saturated carbocycles. The van der Waals surface area contributed by atoms with E-state index in [0.29, 0.717) is 18.8 Å². The van der Waals surface area contributed by atoms with Crippen LogP contribution in [0.25, 0.3) is 0 Å². The van der Waals surface area contributed by atoms with Crippen LogP contribution in [0.2, 0.25) is 5.15 Å². The SMILES string of the molecule is N#Cc1c(Cl)nsc1NCC1(c2ccc3c(c2)OCCO3)CCCC1. The maximum absolute atomic E-state index is 9.26. The van der Waals surface area contributed by atoms with Gasteiger partial charge in [0.25, 0.3) is 0 Å². The summed E-state index contributed by atoms with van der Waals surface area (Å²) in [5, 5.41) is 13.7. The van der Waals surface area contributed by atoms with Gasteiger partial charge in [0.1, 0.15) is 29.8 Å². The molecule has 0 bridgehead atoms. The molecule has 7 heteroatoms. The number of fused-ring (bicyclic) bond motifs is 1. The zero-order valence-electron chi connectivity index (χ0n) is 13.7. The first kappa shape index (κ1) is 16.5. The summed E-state index contributed by atoms with van der Waals surface area (Å²) in [6.45, 7) is 1.94. The highest BCUT2D eigenvalue weighted by Gasteiger charge is 2.36. The van der Waals surface area contributed by atoms with Gasteiger partial charge in [0, 0.05) is 12.0 Å². The van der Waals surface area contributed by atoms with Gasteiger partial charge in [-0.15, -0.1) is 0 Å². The van der Waals surface area contributed by atoms with Crippen LogP contribution < -0.4 is 14.8 Å². The van der Waals surface area contributed by atoms with Crippen molar-refractivity contribution in [2.75, 3.05) is 25.1 Å². The summed E-state index contributed by atoms with van der Waals surface area (Å²) in [4.78, 5) is 0.